The van der Waals surface area contributed by atoms with Crippen LogP contribution in [0.2, 0.25) is 0 Å². The molecule has 0 amide bonds. The van der Waals surface area contributed by atoms with Crippen LogP contribution in [0.15, 0.2) is 259 Å². The van der Waals surface area contributed by atoms with Crippen molar-refractivity contribution in [1.82, 2.24) is 4.57 Å². The summed E-state index contributed by atoms with van der Waals surface area (Å²) in [5.41, 5.74) is 17.9. The summed E-state index contributed by atoms with van der Waals surface area (Å²) in [5, 5.41) is 7.17. The van der Waals surface area contributed by atoms with Gasteiger partial charge in [-0.2, -0.15) is 0 Å². The van der Waals surface area contributed by atoms with E-state index in [4.69, 9.17) is 4.42 Å². The maximum absolute atomic E-state index is 6.24. The summed E-state index contributed by atoms with van der Waals surface area (Å²) in [7, 11) is 0. The molecule has 0 bridgehead atoms. The lowest BCUT2D eigenvalue weighted by atomic mass is 9.90. The lowest BCUT2D eigenvalue weighted by molar-refractivity contribution is 0.669. The Labute approximate surface area is 388 Å². The van der Waals surface area contributed by atoms with Gasteiger partial charge in [0.15, 0.2) is 0 Å². The molecule has 0 N–H and O–H groups in total. The maximum atomic E-state index is 6.24. The van der Waals surface area contributed by atoms with Gasteiger partial charge in [-0.3, -0.25) is 0 Å². The highest BCUT2D eigenvalue weighted by Gasteiger charge is 2.21. The minimum Gasteiger partial charge on any atom is -0.456 e. The highest BCUT2D eigenvalue weighted by atomic mass is 16.3. The Morgan fingerprint density at radius 3 is 1.76 bits per heavy atom. The van der Waals surface area contributed by atoms with Crippen LogP contribution in [0.1, 0.15) is 0 Å². The van der Waals surface area contributed by atoms with E-state index >= 15 is 0 Å². The van der Waals surface area contributed by atoms with Crippen molar-refractivity contribution < 1.29 is 4.42 Å². The number of nitrogens with zero attached hydrogens (tertiary/aromatic N) is 2. The van der Waals surface area contributed by atoms with Crippen molar-refractivity contribution in [3.05, 3.63) is 255 Å². The molecular weight excluding hydrogens is 813 g/mol. The van der Waals surface area contributed by atoms with E-state index in [2.05, 4.69) is 252 Å². The van der Waals surface area contributed by atoms with E-state index in [0.717, 1.165) is 66.9 Å². The van der Waals surface area contributed by atoms with Gasteiger partial charge in [-0.15, -0.1) is 0 Å². The Balaban J connectivity index is 0.981. The number of anilines is 3. The number of fused-ring (bicyclic) bond motifs is 7. The molecule has 3 heteroatoms. The van der Waals surface area contributed by atoms with Gasteiger partial charge < -0.3 is 13.9 Å². The molecule has 0 aliphatic heterocycles. The Morgan fingerprint density at radius 2 is 0.910 bits per heavy atom. The van der Waals surface area contributed by atoms with Crippen LogP contribution < -0.4 is 4.90 Å². The van der Waals surface area contributed by atoms with Crippen LogP contribution in [-0.2, 0) is 0 Å². The number of hydrogen-bond donors (Lipinski definition) is 0. The van der Waals surface area contributed by atoms with Gasteiger partial charge in [-0.05, 0) is 123 Å². The first kappa shape index (κ1) is 38.5. The number of aromatic nitrogens is 1. The van der Waals surface area contributed by atoms with Crippen molar-refractivity contribution in [2.45, 2.75) is 0 Å². The SMILES string of the molecule is c1ccc(-c2cccc3cccc(-c4ccccc4N(c4ccc(-c5ccc6c7ccccc7n(-c7ccccc7)c6c5)cc4)c4cccc(-c5ccc6oc7ccccc7c6c5)c4)c23)cc1. The van der Waals surface area contributed by atoms with E-state index in [1.807, 2.05) is 12.1 Å². The van der Waals surface area contributed by atoms with Crippen LogP contribution in [0.25, 0.3) is 105 Å². The Hall–Kier alpha value is -8.92. The molecule has 314 valence electrons. The van der Waals surface area contributed by atoms with Crippen molar-refractivity contribution >= 4 is 71.6 Å². The zero-order valence-corrected chi connectivity index (χ0v) is 36.6. The van der Waals surface area contributed by atoms with E-state index in [-0.39, 0.29) is 0 Å². The zero-order valence-electron chi connectivity index (χ0n) is 36.6. The first-order chi connectivity index (χ1) is 33.2. The second kappa shape index (κ2) is 16.0. The lowest BCUT2D eigenvalue weighted by Gasteiger charge is -2.29. The van der Waals surface area contributed by atoms with Gasteiger partial charge >= 0.3 is 0 Å². The minimum absolute atomic E-state index is 0.891. The third-order valence-electron chi connectivity index (χ3n) is 13.4. The molecule has 3 nitrogen and oxygen atoms in total. The van der Waals surface area contributed by atoms with Gasteiger partial charge in [0.05, 0.1) is 16.7 Å². The largest absolute Gasteiger partial charge is 0.456 e. The molecule has 0 spiro atoms. The molecule has 2 aromatic heterocycles. The van der Waals surface area contributed by atoms with Gasteiger partial charge in [0.2, 0.25) is 0 Å². The van der Waals surface area contributed by atoms with E-state index < -0.39 is 0 Å². The fraction of sp³-hybridized carbons (Fsp3) is 0. The molecule has 13 aromatic rings. The normalized spacial score (nSPS) is 11.6. The van der Waals surface area contributed by atoms with Crippen LogP contribution >= 0.6 is 0 Å². The fourth-order valence-corrected chi connectivity index (χ4v) is 10.3. The van der Waals surface area contributed by atoms with E-state index in [9.17, 15) is 0 Å². The van der Waals surface area contributed by atoms with Gasteiger partial charge in [0.25, 0.3) is 0 Å². The summed E-state index contributed by atoms with van der Waals surface area (Å²) in [5.74, 6) is 0. The molecule has 13 rings (SSSR count). The van der Waals surface area contributed by atoms with E-state index in [1.54, 1.807) is 0 Å². The first-order valence-corrected chi connectivity index (χ1v) is 22.9. The van der Waals surface area contributed by atoms with Crippen molar-refractivity contribution in [2.75, 3.05) is 4.90 Å². The molecule has 0 atom stereocenters. The molecule has 0 unspecified atom stereocenters. The minimum atomic E-state index is 0.891. The molecule has 2 heterocycles. The predicted molar refractivity (Wildman–Crippen MR) is 282 cm³/mol. The number of para-hydroxylation sites is 4. The Bertz CT molecular complexity index is 3970. The monoisotopic (exact) mass is 854 g/mol. The molecule has 0 radical (unpaired) electrons. The highest BCUT2D eigenvalue weighted by Crippen LogP contribution is 2.46. The topological polar surface area (TPSA) is 21.3 Å². The molecule has 0 saturated heterocycles. The number of furan rings is 1. The third kappa shape index (κ3) is 6.59. The van der Waals surface area contributed by atoms with E-state index in [0.29, 0.717) is 0 Å². The quantitative estimate of drug-likeness (QED) is 0.152. The summed E-state index contributed by atoms with van der Waals surface area (Å²) < 4.78 is 8.62. The van der Waals surface area contributed by atoms with Crippen molar-refractivity contribution in [1.29, 1.82) is 0 Å². The first-order valence-electron chi connectivity index (χ1n) is 22.9. The summed E-state index contributed by atoms with van der Waals surface area (Å²) in [6, 6.07) is 92.1. The number of rotatable bonds is 8. The molecular formula is C64H42N2O. The highest BCUT2D eigenvalue weighted by molar-refractivity contribution is 6.11. The zero-order chi connectivity index (χ0) is 44.3. The fourth-order valence-electron chi connectivity index (χ4n) is 10.3. The molecule has 0 fully saturated rings. The second-order valence-electron chi connectivity index (χ2n) is 17.3. The van der Waals surface area contributed by atoms with Crippen LogP contribution in [0.3, 0.4) is 0 Å². The summed E-state index contributed by atoms with van der Waals surface area (Å²) in [6.45, 7) is 0. The second-order valence-corrected chi connectivity index (χ2v) is 17.3. The van der Waals surface area contributed by atoms with Crippen molar-refractivity contribution in [2.24, 2.45) is 0 Å². The van der Waals surface area contributed by atoms with Crippen LogP contribution in [0.5, 0.6) is 0 Å². The van der Waals surface area contributed by atoms with E-state index in [1.165, 1.54) is 54.8 Å². The Kier molecular flexibility index (Phi) is 9.17. The van der Waals surface area contributed by atoms with Gasteiger partial charge in [-0.25, -0.2) is 0 Å². The van der Waals surface area contributed by atoms with Crippen LogP contribution in [0, 0.1) is 0 Å². The van der Waals surface area contributed by atoms with Gasteiger partial charge in [0, 0.05) is 44.2 Å². The third-order valence-corrected chi connectivity index (χ3v) is 13.4. The lowest BCUT2D eigenvalue weighted by Crippen LogP contribution is -2.11. The predicted octanol–water partition coefficient (Wildman–Crippen LogP) is 18.0. The standard InChI is InChI=1S/C64H42N2O/c1-3-16-44(17-4-1)52-27-14-18-45-19-15-28-57(64(45)52)54-25-8-10-29-59(54)65(51-23-13-20-46(40-51)47-35-39-63-58(41-47)56-26-9-12-31-62(56)67-63)50-36-32-43(33-37-50)48-34-38-55-53-24-7-11-30-60(53)66(61(55)42-48)49-21-5-2-6-22-49/h1-42H. The molecule has 0 aliphatic rings. The molecule has 0 aliphatic carbocycles. The number of hydrogen-bond acceptors (Lipinski definition) is 2. The summed E-state index contributed by atoms with van der Waals surface area (Å²) >= 11 is 0. The van der Waals surface area contributed by atoms with Crippen LogP contribution in [-0.4, -0.2) is 4.57 Å². The average Bonchev–Trinajstić information content (AvgIpc) is 3.94. The van der Waals surface area contributed by atoms with Crippen LogP contribution in [0.4, 0.5) is 17.1 Å². The summed E-state index contributed by atoms with van der Waals surface area (Å²) in [4.78, 5) is 2.43. The smallest absolute Gasteiger partial charge is 0.135 e. The molecule has 67 heavy (non-hydrogen) atoms. The molecule has 0 saturated carbocycles. The maximum Gasteiger partial charge on any atom is 0.135 e. The van der Waals surface area contributed by atoms with Gasteiger partial charge in [0.1, 0.15) is 11.2 Å². The van der Waals surface area contributed by atoms with Crippen molar-refractivity contribution in [3.8, 4) is 50.2 Å². The average molecular weight is 855 g/mol. The van der Waals surface area contributed by atoms with Gasteiger partial charge in [-0.1, -0.05) is 182 Å². The molecule has 11 aromatic carbocycles. The van der Waals surface area contributed by atoms with Crippen molar-refractivity contribution in [3.63, 3.8) is 0 Å². The summed E-state index contributed by atoms with van der Waals surface area (Å²) in [6.07, 6.45) is 0. The Morgan fingerprint density at radius 1 is 0.313 bits per heavy atom. The number of benzene rings is 11.